The third kappa shape index (κ3) is 8.14. The van der Waals surface area contributed by atoms with Crippen LogP contribution in [0.1, 0.15) is 111 Å². The third-order valence-electron chi connectivity index (χ3n) is 6.76. The first-order valence-corrected chi connectivity index (χ1v) is 11.2. The summed E-state index contributed by atoms with van der Waals surface area (Å²) in [6, 6.07) is 0. The summed E-state index contributed by atoms with van der Waals surface area (Å²) in [5.74, 6) is 2.46. The zero-order chi connectivity index (χ0) is 18.7. The van der Waals surface area contributed by atoms with E-state index in [4.69, 9.17) is 0 Å². The molecular formula is C25H46. The minimum atomic E-state index is 0.354. The van der Waals surface area contributed by atoms with Gasteiger partial charge < -0.3 is 0 Å². The molecule has 25 heavy (non-hydrogen) atoms. The van der Waals surface area contributed by atoms with Gasteiger partial charge in [0.25, 0.3) is 0 Å². The Bertz CT molecular complexity index is 371. The first-order valence-electron chi connectivity index (χ1n) is 11.2. The van der Waals surface area contributed by atoms with Gasteiger partial charge in [0, 0.05) is 0 Å². The molecule has 0 spiro atoms. The van der Waals surface area contributed by atoms with Gasteiger partial charge in [0.15, 0.2) is 0 Å². The number of hydrogen-bond donors (Lipinski definition) is 0. The van der Waals surface area contributed by atoms with E-state index in [1.807, 2.05) is 0 Å². The van der Waals surface area contributed by atoms with Gasteiger partial charge >= 0.3 is 0 Å². The maximum Gasteiger partial charge on any atom is -0.00927 e. The van der Waals surface area contributed by atoms with Crippen molar-refractivity contribution in [2.75, 3.05) is 0 Å². The normalized spacial score (nSPS) is 19.6. The van der Waals surface area contributed by atoms with Crippen LogP contribution in [0.5, 0.6) is 0 Å². The van der Waals surface area contributed by atoms with Crippen LogP contribution in [-0.4, -0.2) is 0 Å². The summed E-state index contributed by atoms with van der Waals surface area (Å²) in [5.41, 5.74) is 1.81. The van der Waals surface area contributed by atoms with Gasteiger partial charge in [-0.25, -0.2) is 0 Å². The fourth-order valence-electron chi connectivity index (χ4n) is 4.98. The molecule has 0 heterocycles. The van der Waals surface area contributed by atoms with Gasteiger partial charge in [-0.05, 0) is 55.3 Å². The Morgan fingerprint density at radius 1 is 1.08 bits per heavy atom. The molecule has 0 aromatic heterocycles. The quantitative estimate of drug-likeness (QED) is 0.231. The molecule has 0 N–H and O–H groups in total. The number of allylic oxidation sites excluding steroid dienone is 2. The molecular weight excluding hydrogens is 300 g/mol. The van der Waals surface area contributed by atoms with E-state index in [9.17, 15) is 0 Å². The molecule has 146 valence electrons. The lowest BCUT2D eigenvalue weighted by atomic mass is 9.64. The number of rotatable bonds is 13. The Morgan fingerprint density at radius 2 is 1.76 bits per heavy atom. The van der Waals surface area contributed by atoms with Crippen molar-refractivity contribution in [1.82, 2.24) is 0 Å². The van der Waals surface area contributed by atoms with Crippen LogP contribution in [0.25, 0.3) is 0 Å². The third-order valence-corrected chi connectivity index (χ3v) is 6.76. The van der Waals surface area contributed by atoms with Crippen LogP contribution in [0.2, 0.25) is 0 Å². The molecule has 0 aliphatic heterocycles. The smallest absolute Gasteiger partial charge is 0.00927 e. The van der Waals surface area contributed by atoms with Crippen LogP contribution in [0.15, 0.2) is 24.8 Å². The topological polar surface area (TPSA) is 0 Å². The standard InChI is InChI=1S/C25H46/c1-7-14-22(5)15-12-13-16-23(6)19-25(8-2,21(3)4)20-24-17-10-9-11-18-24/h8,21,23-24H,2,5,7,9-20H2,1,3-4,6H3. The second-order valence-corrected chi connectivity index (χ2v) is 9.36. The van der Waals surface area contributed by atoms with Crippen molar-refractivity contribution in [2.45, 2.75) is 111 Å². The van der Waals surface area contributed by atoms with Crippen LogP contribution in [0, 0.1) is 23.2 Å². The van der Waals surface area contributed by atoms with Gasteiger partial charge in [-0.2, -0.15) is 0 Å². The van der Waals surface area contributed by atoms with Gasteiger partial charge in [0.1, 0.15) is 0 Å². The lowest BCUT2D eigenvalue weighted by Gasteiger charge is -2.41. The molecule has 0 heteroatoms. The van der Waals surface area contributed by atoms with Crippen molar-refractivity contribution in [1.29, 1.82) is 0 Å². The van der Waals surface area contributed by atoms with Crippen molar-refractivity contribution in [3.63, 3.8) is 0 Å². The maximum atomic E-state index is 4.30. The minimum absolute atomic E-state index is 0.354. The summed E-state index contributed by atoms with van der Waals surface area (Å²) in [6.45, 7) is 18.1. The van der Waals surface area contributed by atoms with Crippen molar-refractivity contribution in [3.8, 4) is 0 Å². The maximum absolute atomic E-state index is 4.30. The van der Waals surface area contributed by atoms with Crippen LogP contribution in [-0.2, 0) is 0 Å². The molecule has 1 rings (SSSR count). The average Bonchev–Trinajstić information content (AvgIpc) is 2.59. The molecule has 0 amide bonds. The van der Waals surface area contributed by atoms with E-state index in [1.54, 1.807) is 0 Å². The molecule has 1 fully saturated rings. The summed E-state index contributed by atoms with van der Waals surface area (Å²) >= 11 is 0. The molecule has 0 aromatic rings. The van der Waals surface area contributed by atoms with Gasteiger partial charge in [-0.1, -0.05) is 97.3 Å². The highest BCUT2D eigenvalue weighted by Gasteiger charge is 2.34. The van der Waals surface area contributed by atoms with E-state index >= 15 is 0 Å². The summed E-state index contributed by atoms with van der Waals surface area (Å²) in [4.78, 5) is 0. The predicted octanol–water partition coefficient (Wildman–Crippen LogP) is 8.73. The highest BCUT2D eigenvalue weighted by molar-refractivity contribution is 4.99. The molecule has 1 aliphatic rings. The molecule has 2 atom stereocenters. The second-order valence-electron chi connectivity index (χ2n) is 9.36. The van der Waals surface area contributed by atoms with E-state index in [0.717, 1.165) is 11.8 Å². The van der Waals surface area contributed by atoms with Crippen LogP contribution in [0.3, 0.4) is 0 Å². The van der Waals surface area contributed by atoms with E-state index in [-0.39, 0.29) is 0 Å². The lowest BCUT2D eigenvalue weighted by molar-refractivity contribution is 0.138. The Hall–Kier alpha value is -0.520. The lowest BCUT2D eigenvalue weighted by Crippen LogP contribution is -2.31. The predicted molar refractivity (Wildman–Crippen MR) is 115 cm³/mol. The molecule has 0 bridgehead atoms. The molecule has 0 radical (unpaired) electrons. The van der Waals surface area contributed by atoms with Crippen LogP contribution < -0.4 is 0 Å². The zero-order valence-corrected chi connectivity index (χ0v) is 17.9. The molecule has 1 saturated carbocycles. The fraction of sp³-hybridized carbons (Fsp3) is 0.840. The Balaban J connectivity index is 2.47. The zero-order valence-electron chi connectivity index (χ0n) is 17.9. The Labute approximate surface area is 159 Å². The summed E-state index contributed by atoms with van der Waals surface area (Å²) in [5, 5.41) is 0. The van der Waals surface area contributed by atoms with Crippen LogP contribution >= 0.6 is 0 Å². The summed E-state index contributed by atoms with van der Waals surface area (Å²) < 4.78 is 0. The van der Waals surface area contributed by atoms with Crippen LogP contribution in [0.4, 0.5) is 0 Å². The minimum Gasteiger partial charge on any atom is -0.103 e. The molecule has 0 saturated heterocycles. The van der Waals surface area contributed by atoms with E-state index < -0.39 is 0 Å². The van der Waals surface area contributed by atoms with E-state index in [1.165, 1.54) is 89.0 Å². The average molecular weight is 347 g/mol. The first-order chi connectivity index (χ1) is 11.9. The van der Waals surface area contributed by atoms with Crippen molar-refractivity contribution < 1.29 is 0 Å². The van der Waals surface area contributed by atoms with Crippen molar-refractivity contribution >= 4 is 0 Å². The van der Waals surface area contributed by atoms with Gasteiger partial charge in [0.2, 0.25) is 0 Å². The van der Waals surface area contributed by atoms with E-state index in [2.05, 4.69) is 46.9 Å². The van der Waals surface area contributed by atoms with Gasteiger partial charge in [-0.3, -0.25) is 0 Å². The van der Waals surface area contributed by atoms with E-state index in [0.29, 0.717) is 11.3 Å². The van der Waals surface area contributed by atoms with Gasteiger partial charge in [-0.15, -0.1) is 6.58 Å². The largest absolute Gasteiger partial charge is 0.103 e. The monoisotopic (exact) mass is 346 g/mol. The SMILES string of the molecule is C=CC(CC(C)CCCCC(=C)CCC)(CC1CCCCC1)C(C)C. The van der Waals surface area contributed by atoms with Crippen molar-refractivity contribution in [3.05, 3.63) is 24.8 Å². The summed E-state index contributed by atoms with van der Waals surface area (Å²) in [7, 11) is 0. The second kappa shape index (κ2) is 12.0. The van der Waals surface area contributed by atoms with Gasteiger partial charge in [0.05, 0.1) is 0 Å². The Kier molecular flexibility index (Phi) is 10.8. The molecule has 2 unspecified atom stereocenters. The molecule has 0 aromatic carbocycles. The van der Waals surface area contributed by atoms with Crippen molar-refractivity contribution in [2.24, 2.45) is 23.2 Å². The first kappa shape index (κ1) is 22.5. The molecule has 1 aliphatic carbocycles. The highest BCUT2D eigenvalue weighted by Crippen LogP contribution is 2.45. The molecule has 0 nitrogen and oxygen atoms in total. The Morgan fingerprint density at radius 3 is 2.32 bits per heavy atom. The fourth-order valence-corrected chi connectivity index (χ4v) is 4.98. The number of hydrogen-bond acceptors (Lipinski definition) is 0. The highest BCUT2D eigenvalue weighted by atomic mass is 14.4. The number of unbranched alkanes of at least 4 members (excludes halogenated alkanes) is 1. The summed E-state index contributed by atoms with van der Waals surface area (Å²) in [6.07, 6.45) is 20.1.